The zero-order chi connectivity index (χ0) is 12.6. The highest BCUT2D eigenvalue weighted by atomic mass is 19.4. The zero-order valence-corrected chi connectivity index (χ0v) is 8.40. The number of imidazole rings is 1. The molecule has 0 unspecified atom stereocenters. The van der Waals surface area contributed by atoms with E-state index in [9.17, 15) is 18.0 Å². The van der Waals surface area contributed by atoms with E-state index in [0.717, 1.165) is 12.1 Å². The number of aromatic nitrogens is 2. The van der Waals surface area contributed by atoms with Crippen molar-refractivity contribution in [2.24, 2.45) is 0 Å². The van der Waals surface area contributed by atoms with Gasteiger partial charge in [0, 0.05) is 6.20 Å². The largest absolute Gasteiger partial charge is 0.481 e. The predicted molar refractivity (Wildman–Crippen MR) is 51.5 cm³/mol. The molecular weight excluding hydrogens is 237 g/mol. The fourth-order valence-corrected chi connectivity index (χ4v) is 1.50. The Morgan fingerprint density at radius 1 is 1.47 bits per heavy atom. The molecule has 0 aliphatic heterocycles. The number of pyridine rings is 1. The van der Waals surface area contributed by atoms with Crippen LogP contribution in [0.4, 0.5) is 13.2 Å². The second kappa shape index (κ2) is 3.76. The van der Waals surface area contributed by atoms with Gasteiger partial charge in [0.15, 0.2) is 0 Å². The van der Waals surface area contributed by atoms with Gasteiger partial charge in [-0.25, -0.2) is 4.98 Å². The molecule has 0 fully saturated rings. The summed E-state index contributed by atoms with van der Waals surface area (Å²) in [6.45, 7) is 0. The minimum Gasteiger partial charge on any atom is -0.481 e. The van der Waals surface area contributed by atoms with Crippen molar-refractivity contribution in [1.82, 2.24) is 9.38 Å². The Hall–Kier alpha value is -2.05. The highest BCUT2D eigenvalue weighted by Gasteiger charge is 2.30. The molecule has 0 amide bonds. The smallest absolute Gasteiger partial charge is 0.416 e. The van der Waals surface area contributed by atoms with Gasteiger partial charge in [0.25, 0.3) is 0 Å². The van der Waals surface area contributed by atoms with Gasteiger partial charge >= 0.3 is 12.1 Å². The molecule has 0 bridgehead atoms. The molecule has 0 saturated carbocycles. The lowest BCUT2D eigenvalue weighted by molar-refractivity contribution is -0.138. The van der Waals surface area contributed by atoms with Crippen LogP contribution in [0.25, 0.3) is 5.52 Å². The molecule has 0 atom stereocenters. The fraction of sp³-hybridized carbons (Fsp3) is 0.200. The van der Waals surface area contributed by atoms with Crippen LogP contribution in [-0.2, 0) is 17.4 Å². The molecular formula is C10H7F3N2O2. The number of nitrogens with zero attached hydrogens (tertiary/aromatic N) is 2. The predicted octanol–water partition coefficient (Wildman–Crippen LogP) is 1.98. The first-order valence-corrected chi connectivity index (χ1v) is 4.63. The molecule has 0 aliphatic carbocycles. The molecule has 0 aliphatic rings. The van der Waals surface area contributed by atoms with Crippen molar-refractivity contribution < 1.29 is 23.1 Å². The van der Waals surface area contributed by atoms with Gasteiger partial charge in [0.2, 0.25) is 0 Å². The fourth-order valence-electron chi connectivity index (χ4n) is 1.50. The van der Waals surface area contributed by atoms with E-state index in [2.05, 4.69) is 4.98 Å². The van der Waals surface area contributed by atoms with E-state index in [1.54, 1.807) is 0 Å². The number of carbonyl (C=O) groups is 1. The molecule has 0 radical (unpaired) electrons. The number of halogens is 3. The van der Waals surface area contributed by atoms with Crippen LogP contribution >= 0.6 is 0 Å². The lowest BCUT2D eigenvalue weighted by Crippen LogP contribution is -2.07. The Morgan fingerprint density at radius 3 is 2.76 bits per heavy atom. The quantitative estimate of drug-likeness (QED) is 0.878. The number of carboxylic acids is 1. The van der Waals surface area contributed by atoms with E-state index in [1.807, 2.05) is 0 Å². The second-order valence-electron chi connectivity index (χ2n) is 3.45. The van der Waals surface area contributed by atoms with Crippen LogP contribution in [0, 0.1) is 0 Å². The van der Waals surface area contributed by atoms with Crippen LogP contribution in [-0.4, -0.2) is 20.5 Å². The van der Waals surface area contributed by atoms with Crippen molar-refractivity contribution in [3.63, 3.8) is 0 Å². The maximum absolute atomic E-state index is 12.4. The summed E-state index contributed by atoms with van der Waals surface area (Å²) in [6, 6.07) is 1.82. The molecule has 0 spiro atoms. The highest BCUT2D eigenvalue weighted by molar-refractivity contribution is 5.69. The van der Waals surface area contributed by atoms with Gasteiger partial charge in [-0.05, 0) is 12.1 Å². The number of hydrogen-bond acceptors (Lipinski definition) is 2. The van der Waals surface area contributed by atoms with Gasteiger partial charge in [0.05, 0.1) is 17.3 Å². The minimum absolute atomic E-state index is 0.196. The van der Waals surface area contributed by atoms with Gasteiger partial charge in [-0.15, -0.1) is 0 Å². The van der Waals surface area contributed by atoms with Gasteiger partial charge < -0.3 is 9.51 Å². The molecule has 1 N–H and O–H groups in total. The average molecular weight is 244 g/mol. The summed E-state index contributed by atoms with van der Waals surface area (Å²) in [6.07, 6.45) is -2.37. The van der Waals surface area contributed by atoms with E-state index in [4.69, 9.17) is 5.11 Å². The third-order valence-corrected chi connectivity index (χ3v) is 2.25. The molecule has 2 heterocycles. The van der Waals surface area contributed by atoms with Crippen LogP contribution in [0.2, 0.25) is 0 Å². The number of fused-ring (bicyclic) bond motifs is 1. The number of aliphatic carboxylic acids is 1. The molecule has 0 aromatic carbocycles. The van der Waals surface area contributed by atoms with Crippen LogP contribution in [0.5, 0.6) is 0 Å². The van der Waals surface area contributed by atoms with Gasteiger partial charge in [-0.1, -0.05) is 0 Å². The average Bonchev–Trinajstić information content (AvgIpc) is 2.59. The van der Waals surface area contributed by atoms with E-state index in [-0.39, 0.29) is 17.8 Å². The Labute approximate surface area is 93.3 Å². The summed E-state index contributed by atoms with van der Waals surface area (Å²) in [5.74, 6) is -0.890. The van der Waals surface area contributed by atoms with Crippen molar-refractivity contribution in [3.05, 3.63) is 35.9 Å². The Morgan fingerprint density at radius 2 is 2.18 bits per heavy atom. The normalized spacial score (nSPS) is 11.9. The lowest BCUT2D eigenvalue weighted by Gasteiger charge is -2.07. The van der Waals surface area contributed by atoms with Gasteiger partial charge in [-0.2, -0.15) is 13.2 Å². The molecule has 2 rings (SSSR count). The van der Waals surface area contributed by atoms with Crippen molar-refractivity contribution >= 4 is 11.5 Å². The maximum atomic E-state index is 12.4. The third kappa shape index (κ3) is 2.22. The number of alkyl halides is 3. The highest BCUT2D eigenvalue weighted by Crippen LogP contribution is 2.29. The molecule has 0 saturated heterocycles. The monoisotopic (exact) mass is 244 g/mol. The van der Waals surface area contributed by atoms with Crippen molar-refractivity contribution in [1.29, 1.82) is 0 Å². The second-order valence-corrected chi connectivity index (χ2v) is 3.45. The zero-order valence-electron chi connectivity index (χ0n) is 8.40. The summed E-state index contributed by atoms with van der Waals surface area (Å²) in [7, 11) is 0. The van der Waals surface area contributed by atoms with Crippen molar-refractivity contribution in [2.75, 3.05) is 0 Å². The van der Waals surface area contributed by atoms with Crippen molar-refractivity contribution in [2.45, 2.75) is 12.6 Å². The van der Waals surface area contributed by atoms with Crippen molar-refractivity contribution in [3.8, 4) is 0 Å². The molecule has 2 aromatic rings. The summed E-state index contributed by atoms with van der Waals surface area (Å²) >= 11 is 0. The van der Waals surface area contributed by atoms with Crippen LogP contribution < -0.4 is 0 Å². The molecule has 90 valence electrons. The first kappa shape index (κ1) is 11.4. The van der Waals surface area contributed by atoms with Crippen LogP contribution in [0.1, 0.15) is 11.4 Å². The molecule has 2 aromatic heterocycles. The summed E-state index contributed by atoms with van der Waals surface area (Å²) in [5.41, 5.74) is -0.567. The summed E-state index contributed by atoms with van der Waals surface area (Å²) in [4.78, 5) is 14.3. The third-order valence-electron chi connectivity index (χ3n) is 2.25. The summed E-state index contributed by atoms with van der Waals surface area (Å²) in [5, 5.41) is 8.60. The standard InChI is InChI=1S/C10H7F3N2O2/c11-10(12,13)6-1-2-15-7(3-6)5-14-8(15)4-9(16)17/h1-3,5H,4H2,(H,16,17). The maximum Gasteiger partial charge on any atom is 0.416 e. The Bertz CT molecular complexity index is 574. The molecule has 17 heavy (non-hydrogen) atoms. The summed E-state index contributed by atoms with van der Waals surface area (Å²) < 4.78 is 38.5. The first-order valence-electron chi connectivity index (χ1n) is 4.63. The molecule has 4 nitrogen and oxygen atoms in total. The Balaban J connectivity index is 2.48. The molecule has 7 heteroatoms. The number of hydrogen-bond donors (Lipinski definition) is 1. The number of rotatable bonds is 2. The lowest BCUT2D eigenvalue weighted by atomic mass is 10.2. The SMILES string of the molecule is O=C(O)Cc1ncc2cc(C(F)(F)F)ccn12. The van der Waals surface area contributed by atoms with Gasteiger partial charge in [-0.3, -0.25) is 4.79 Å². The van der Waals surface area contributed by atoms with Crippen LogP contribution in [0.15, 0.2) is 24.5 Å². The minimum atomic E-state index is -4.42. The number of carboxylic acid groups (broad SMARTS) is 1. The topological polar surface area (TPSA) is 54.6 Å². The van der Waals surface area contributed by atoms with E-state index < -0.39 is 17.7 Å². The van der Waals surface area contributed by atoms with E-state index in [0.29, 0.717) is 0 Å². The van der Waals surface area contributed by atoms with E-state index >= 15 is 0 Å². The Kier molecular flexibility index (Phi) is 2.53. The first-order chi connectivity index (χ1) is 7.88. The van der Waals surface area contributed by atoms with E-state index in [1.165, 1.54) is 16.8 Å². The van der Waals surface area contributed by atoms with Crippen LogP contribution in [0.3, 0.4) is 0 Å². The van der Waals surface area contributed by atoms with Gasteiger partial charge in [0.1, 0.15) is 12.2 Å².